The molecule has 0 saturated heterocycles. The van der Waals surface area contributed by atoms with E-state index < -0.39 is 5.50 Å². The lowest BCUT2D eigenvalue weighted by Gasteiger charge is -2.36. The van der Waals surface area contributed by atoms with Crippen LogP contribution in [0.3, 0.4) is 0 Å². The van der Waals surface area contributed by atoms with Gasteiger partial charge in [-0.25, -0.2) is 0 Å². The average molecular weight is 366 g/mol. The van der Waals surface area contributed by atoms with Crippen molar-refractivity contribution in [3.63, 3.8) is 0 Å². The highest BCUT2D eigenvalue weighted by molar-refractivity contribution is 7.80. The number of carbonyl (C=O) groups is 2. The van der Waals surface area contributed by atoms with Gasteiger partial charge in [-0.3, -0.25) is 9.59 Å². The first-order valence-electron chi connectivity index (χ1n) is 7.66. The number of thiol groups is 1. The maximum atomic E-state index is 11.9. The average Bonchev–Trinajstić information content (AvgIpc) is 2.62. The highest BCUT2D eigenvalue weighted by Crippen LogP contribution is 2.34. The summed E-state index contributed by atoms with van der Waals surface area (Å²) < 4.78 is 10.6. The molecule has 1 heterocycles. The van der Waals surface area contributed by atoms with Gasteiger partial charge in [0.1, 0.15) is 17.0 Å². The number of rotatable bonds is 7. The van der Waals surface area contributed by atoms with Crippen LogP contribution in [0, 0.1) is 0 Å². The molecular formula is C16H22N4O4S. The molecule has 0 aliphatic carbocycles. The Balaban J connectivity index is 2.30. The molecule has 9 heteroatoms. The molecule has 8 nitrogen and oxygen atoms in total. The maximum absolute atomic E-state index is 11.9. The number of hydrogen-bond donors (Lipinski definition) is 4. The Morgan fingerprint density at radius 1 is 1.40 bits per heavy atom. The van der Waals surface area contributed by atoms with Crippen LogP contribution in [0.5, 0.6) is 11.5 Å². The molecule has 1 aliphatic rings. The Labute approximate surface area is 151 Å². The molecule has 1 aromatic carbocycles. The summed E-state index contributed by atoms with van der Waals surface area (Å²) in [5.41, 5.74) is 6.12. The summed E-state index contributed by atoms with van der Waals surface area (Å²) in [6, 6.07) is 5.34. The van der Waals surface area contributed by atoms with Crippen molar-refractivity contribution in [2.24, 2.45) is 5.73 Å². The second kappa shape index (κ2) is 8.63. The fraction of sp³-hybridized carbons (Fsp3) is 0.375. The van der Waals surface area contributed by atoms with Crippen LogP contribution in [-0.4, -0.2) is 56.1 Å². The SMILES string of the molecule is COc1ccc(C2=CC(=O)NC(S)N2CCNC(=O)CN)c(OC)c1. The summed E-state index contributed by atoms with van der Waals surface area (Å²) in [5, 5.41) is 5.41. The topological polar surface area (TPSA) is 106 Å². The molecule has 1 atom stereocenters. The Bertz CT molecular complexity index is 680. The number of hydrogen-bond acceptors (Lipinski definition) is 7. The second-order valence-electron chi connectivity index (χ2n) is 5.23. The second-order valence-corrected chi connectivity index (χ2v) is 5.71. The van der Waals surface area contributed by atoms with Crippen LogP contribution in [0.2, 0.25) is 0 Å². The summed E-state index contributed by atoms with van der Waals surface area (Å²) in [7, 11) is 3.11. The molecule has 0 bridgehead atoms. The summed E-state index contributed by atoms with van der Waals surface area (Å²) in [6.45, 7) is 0.718. The summed E-state index contributed by atoms with van der Waals surface area (Å²) in [4.78, 5) is 25.1. The Morgan fingerprint density at radius 3 is 2.80 bits per heavy atom. The fourth-order valence-corrected chi connectivity index (χ4v) is 2.83. The molecule has 0 radical (unpaired) electrons. The number of nitrogens with two attached hydrogens (primary N) is 1. The van der Waals surface area contributed by atoms with Crippen LogP contribution >= 0.6 is 12.6 Å². The predicted octanol–water partition coefficient (Wildman–Crippen LogP) is -0.235. The highest BCUT2D eigenvalue weighted by atomic mass is 32.1. The first kappa shape index (κ1) is 18.9. The number of methoxy groups -OCH3 is 2. The maximum Gasteiger partial charge on any atom is 0.248 e. The lowest BCUT2D eigenvalue weighted by Crippen LogP contribution is -2.49. The summed E-state index contributed by atoms with van der Waals surface area (Å²) in [6.07, 6.45) is 1.47. The Kier molecular flexibility index (Phi) is 6.54. The van der Waals surface area contributed by atoms with Gasteiger partial charge < -0.3 is 30.7 Å². The van der Waals surface area contributed by atoms with E-state index in [1.165, 1.54) is 6.08 Å². The van der Waals surface area contributed by atoms with Crippen LogP contribution in [-0.2, 0) is 9.59 Å². The van der Waals surface area contributed by atoms with E-state index in [1.807, 2.05) is 11.0 Å². The molecule has 136 valence electrons. The van der Waals surface area contributed by atoms with Gasteiger partial charge in [-0.1, -0.05) is 0 Å². The molecule has 0 fully saturated rings. The van der Waals surface area contributed by atoms with Crippen molar-refractivity contribution < 1.29 is 19.1 Å². The van der Waals surface area contributed by atoms with Crippen molar-refractivity contribution in [2.45, 2.75) is 5.50 Å². The third-order valence-corrected chi connectivity index (χ3v) is 4.10. The third kappa shape index (κ3) is 4.58. The van der Waals surface area contributed by atoms with E-state index in [4.69, 9.17) is 15.2 Å². The quantitative estimate of drug-likeness (QED) is 0.497. The van der Waals surface area contributed by atoms with Crippen LogP contribution in [0.25, 0.3) is 5.70 Å². The van der Waals surface area contributed by atoms with Gasteiger partial charge in [0.2, 0.25) is 11.8 Å². The van der Waals surface area contributed by atoms with Crippen LogP contribution in [0.4, 0.5) is 0 Å². The Hall–Kier alpha value is -2.39. The van der Waals surface area contributed by atoms with E-state index in [9.17, 15) is 9.59 Å². The monoisotopic (exact) mass is 366 g/mol. The molecule has 1 aromatic rings. The minimum atomic E-state index is -0.533. The number of nitrogens with zero attached hydrogens (tertiary/aromatic N) is 1. The molecule has 2 amide bonds. The molecule has 25 heavy (non-hydrogen) atoms. The van der Waals surface area contributed by atoms with Crippen molar-refractivity contribution >= 4 is 30.1 Å². The van der Waals surface area contributed by atoms with E-state index in [0.717, 1.165) is 5.56 Å². The van der Waals surface area contributed by atoms with Gasteiger partial charge in [-0.2, -0.15) is 0 Å². The van der Waals surface area contributed by atoms with Gasteiger partial charge in [-0.15, -0.1) is 12.6 Å². The smallest absolute Gasteiger partial charge is 0.248 e. The third-order valence-electron chi connectivity index (χ3n) is 3.69. The zero-order valence-corrected chi connectivity index (χ0v) is 15.0. The van der Waals surface area contributed by atoms with Gasteiger partial charge >= 0.3 is 0 Å². The van der Waals surface area contributed by atoms with E-state index in [-0.39, 0.29) is 18.4 Å². The summed E-state index contributed by atoms with van der Waals surface area (Å²) >= 11 is 4.43. The normalized spacial score (nSPS) is 16.8. The molecule has 1 aliphatic heterocycles. The number of ether oxygens (including phenoxy) is 2. The number of benzene rings is 1. The van der Waals surface area contributed by atoms with Gasteiger partial charge in [0.05, 0.1) is 26.5 Å². The van der Waals surface area contributed by atoms with Crippen LogP contribution in [0.15, 0.2) is 24.3 Å². The van der Waals surface area contributed by atoms with Gasteiger partial charge in [0.25, 0.3) is 0 Å². The predicted molar refractivity (Wildman–Crippen MR) is 97.2 cm³/mol. The van der Waals surface area contributed by atoms with Gasteiger partial charge in [0, 0.05) is 30.8 Å². The fourth-order valence-electron chi connectivity index (χ4n) is 2.46. The van der Waals surface area contributed by atoms with E-state index >= 15 is 0 Å². The van der Waals surface area contributed by atoms with Crippen LogP contribution in [0.1, 0.15) is 5.56 Å². The zero-order valence-electron chi connectivity index (χ0n) is 14.1. The molecule has 1 unspecified atom stereocenters. The number of nitrogens with one attached hydrogen (secondary N) is 2. The first-order valence-corrected chi connectivity index (χ1v) is 8.18. The standard InChI is InChI=1S/C16H22N4O4S/c1-23-10-3-4-11(13(7-10)24-2)12-8-14(21)19-16(25)20(12)6-5-18-15(22)9-17/h3-4,7-8,16,25H,5-6,9,17H2,1-2H3,(H,18,22)(H,19,21). The van der Waals surface area contributed by atoms with Gasteiger partial charge in [-0.05, 0) is 12.1 Å². The van der Waals surface area contributed by atoms with E-state index in [1.54, 1.807) is 26.4 Å². The van der Waals surface area contributed by atoms with E-state index in [0.29, 0.717) is 30.3 Å². The van der Waals surface area contributed by atoms with Crippen molar-refractivity contribution in [1.29, 1.82) is 0 Å². The van der Waals surface area contributed by atoms with E-state index in [2.05, 4.69) is 23.3 Å². The lowest BCUT2D eigenvalue weighted by atomic mass is 10.1. The lowest BCUT2D eigenvalue weighted by molar-refractivity contribution is -0.120. The van der Waals surface area contributed by atoms with Crippen LogP contribution < -0.4 is 25.8 Å². The molecule has 0 saturated carbocycles. The van der Waals surface area contributed by atoms with Gasteiger partial charge in [0.15, 0.2) is 0 Å². The van der Waals surface area contributed by atoms with Crippen molar-refractivity contribution in [3.05, 3.63) is 29.8 Å². The summed E-state index contributed by atoms with van der Waals surface area (Å²) in [5.74, 6) is 0.710. The minimum Gasteiger partial charge on any atom is -0.497 e. The first-order chi connectivity index (χ1) is 12.0. The number of carbonyl (C=O) groups excluding carboxylic acids is 2. The molecule has 0 spiro atoms. The van der Waals surface area contributed by atoms with Crippen molar-refractivity contribution in [3.8, 4) is 11.5 Å². The zero-order chi connectivity index (χ0) is 18.4. The van der Waals surface area contributed by atoms with Crippen molar-refractivity contribution in [2.75, 3.05) is 33.9 Å². The molecule has 0 aromatic heterocycles. The Morgan fingerprint density at radius 2 is 2.16 bits per heavy atom. The largest absolute Gasteiger partial charge is 0.497 e. The van der Waals surface area contributed by atoms with Crippen molar-refractivity contribution in [1.82, 2.24) is 15.5 Å². The molecule has 4 N–H and O–H groups in total. The minimum absolute atomic E-state index is 0.0734. The highest BCUT2D eigenvalue weighted by Gasteiger charge is 2.27. The number of amides is 2. The molecular weight excluding hydrogens is 344 g/mol. The molecule has 2 rings (SSSR count).